The minimum atomic E-state index is -0.479. The molecule has 0 atom stereocenters. The van der Waals surface area contributed by atoms with E-state index in [4.69, 9.17) is 10.5 Å². The van der Waals surface area contributed by atoms with E-state index in [1.165, 1.54) is 6.20 Å². The van der Waals surface area contributed by atoms with Gasteiger partial charge in [0.25, 0.3) is 0 Å². The highest BCUT2D eigenvalue weighted by molar-refractivity contribution is 5.89. The first-order chi connectivity index (χ1) is 6.92. The Bertz CT molecular complexity index is 339. The van der Waals surface area contributed by atoms with Crippen LogP contribution in [0.4, 0.5) is 0 Å². The van der Waals surface area contributed by atoms with Crippen molar-refractivity contribution in [3.05, 3.63) is 18.0 Å². The second-order valence-corrected chi connectivity index (χ2v) is 4.28. The number of ether oxygens (including phenoxy) is 1. The summed E-state index contributed by atoms with van der Waals surface area (Å²) in [6.07, 6.45) is 3.13. The maximum Gasteiger partial charge on any atom is 0.341 e. The minimum Gasteiger partial charge on any atom is -0.456 e. The van der Waals surface area contributed by atoms with Crippen LogP contribution in [0, 0.1) is 0 Å². The van der Waals surface area contributed by atoms with Gasteiger partial charge in [0.1, 0.15) is 5.60 Å². The molecule has 84 valence electrons. The van der Waals surface area contributed by atoms with Crippen LogP contribution < -0.4 is 5.73 Å². The first kappa shape index (κ1) is 11.7. The fourth-order valence-corrected chi connectivity index (χ4v) is 1.06. The Morgan fingerprint density at radius 2 is 2.27 bits per heavy atom. The lowest BCUT2D eigenvalue weighted by Crippen LogP contribution is -2.23. The number of aromatic nitrogens is 2. The molecule has 0 saturated heterocycles. The lowest BCUT2D eigenvalue weighted by Gasteiger charge is -2.18. The third-order valence-electron chi connectivity index (χ3n) is 1.63. The maximum absolute atomic E-state index is 11.6. The molecule has 0 aromatic carbocycles. The normalized spacial score (nSPS) is 11.5. The second kappa shape index (κ2) is 4.44. The van der Waals surface area contributed by atoms with Crippen LogP contribution in [0.2, 0.25) is 0 Å². The van der Waals surface area contributed by atoms with E-state index in [-0.39, 0.29) is 5.97 Å². The molecular weight excluding hydrogens is 194 g/mol. The van der Waals surface area contributed by atoms with E-state index in [2.05, 4.69) is 5.10 Å². The van der Waals surface area contributed by atoms with E-state index < -0.39 is 5.60 Å². The number of nitrogens with zero attached hydrogens (tertiary/aromatic N) is 2. The lowest BCUT2D eigenvalue weighted by atomic mass is 10.2. The van der Waals surface area contributed by atoms with Gasteiger partial charge in [-0.15, -0.1) is 0 Å². The monoisotopic (exact) mass is 211 g/mol. The predicted molar refractivity (Wildman–Crippen MR) is 56.4 cm³/mol. The van der Waals surface area contributed by atoms with Gasteiger partial charge in [-0.1, -0.05) is 0 Å². The molecule has 5 nitrogen and oxygen atoms in total. The molecule has 2 N–H and O–H groups in total. The molecular formula is C10H17N3O2. The molecule has 0 aliphatic carbocycles. The first-order valence-corrected chi connectivity index (χ1v) is 4.88. The molecule has 1 aromatic rings. The number of carbonyl (C=O) groups excluding carboxylic acids is 1. The third-order valence-corrected chi connectivity index (χ3v) is 1.63. The Labute approximate surface area is 89.2 Å². The number of hydrogen-bond donors (Lipinski definition) is 1. The van der Waals surface area contributed by atoms with Crippen molar-refractivity contribution in [2.24, 2.45) is 5.73 Å². The van der Waals surface area contributed by atoms with E-state index in [9.17, 15) is 4.79 Å². The lowest BCUT2D eigenvalue weighted by molar-refractivity contribution is 0.00694. The van der Waals surface area contributed by atoms with Gasteiger partial charge in [-0.3, -0.25) is 4.68 Å². The SMILES string of the molecule is CC(C)(C)OC(=O)c1cnn(CCN)c1. The number of hydrogen-bond acceptors (Lipinski definition) is 4. The van der Waals surface area contributed by atoms with Crippen molar-refractivity contribution in [2.75, 3.05) is 6.54 Å². The summed E-state index contributed by atoms with van der Waals surface area (Å²) in [7, 11) is 0. The van der Waals surface area contributed by atoms with Crippen LogP contribution in [0.5, 0.6) is 0 Å². The Morgan fingerprint density at radius 1 is 1.60 bits per heavy atom. The number of nitrogens with two attached hydrogens (primary N) is 1. The topological polar surface area (TPSA) is 70.1 Å². The van der Waals surface area contributed by atoms with Gasteiger partial charge < -0.3 is 10.5 Å². The molecule has 0 bridgehead atoms. The highest BCUT2D eigenvalue weighted by Crippen LogP contribution is 2.11. The standard InChI is InChI=1S/C10H17N3O2/c1-10(2,3)15-9(14)8-6-12-13(7-8)5-4-11/h6-7H,4-5,11H2,1-3H3. The molecule has 15 heavy (non-hydrogen) atoms. The van der Waals surface area contributed by atoms with Gasteiger partial charge in [-0.05, 0) is 20.8 Å². The van der Waals surface area contributed by atoms with Gasteiger partial charge in [-0.25, -0.2) is 4.79 Å². The third kappa shape index (κ3) is 3.71. The molecule has 1 rings (SSSR count). The summed E-state index contributed by atoms with van der Waals surface area (Å²) < 4.78 is 6.82. The van der Waals surface area contributed by atoms with E-state index in [1.807, 2.05) is 20.8 Å². The first-order valence-electron chi connectivity index (χ1n) is 4.88. The molecule has 1 aromatic heterocycles. The Kier molecular flexibility index (Phi) is 3.47. The highest BCUT2D eigenvalue weighted by atomic mass is 16.6. The summed E-state index contributed by atoms with van der Waals surface area (Å²) in [6.45, 7) is 6.58. The zero-order valence-electron chi connectivity index (χ0n) is 9.36. The van der Waals surface area contributed by atoms with Crippen molar-refractivity contribution >= 4 is 5.97 Å². The van der Waals surface area contributed by atoms with Gasteiger partial charge >= 0.3 is 5.97 Å². The predicted octanol–water partition coefficient (Wildman–Crippen LogP) is 0.797. The van der Waals surface area contributed by atoms with Crippen LogP contribution in [0.3, 0.4) is 0 Å². The van der Waals surface area contributed by atoms with Gasteiger partial charge in [0.05, 0.1) is 18.3 Å². The summed E-state index contributed by atoms with van der Waals surface area (Å²) in [6, 6.07) is 0. The molecule has 0 spiro atoms. The van der Waals surface area contributed by atoms with Crippen LogP contribution in [0.25, 0.3) is 0 Å². The molecule has 5 heteroatoms. The number of carbonyl (C=O) groups is 1. The minimum absolute atomic E-state index is 0.356. The smallest absolute Gasteiger partial charge is 0.341 e. The van der Waals surface area contributed by atoms with Gasteiger partial charge in [0.2, 0.25) is 0 Å². The van der Waals surface area contributed by atoms with Crippen molar-refractivity contribution in [1.29, 1.82) is 0 Å². The highest BCUT2D eigenvalue weighted by Gasteiger charge is 2.18. The summed E-state index contributed by atoms with van der Waals surface area (Å²) in [5.74, 6) is -0.356. The zero-order chi connectivity index (χ0) is 11.5. The molecule has 0 unspecified atom stereocenters. The summed E-state index contributed by atoms with van der Waals surface area (Å²) in [4.78, 5) is 11.6. The number of rotatable bonds is 3. The van der Waals surface area contributed by atoms with E-state index in [0.29, 0.717) is 18.7 Å². The van der Waals surface area contributed by atoms with Gasteiger partial charge in [0, 0.05) is 12.7 Å². The van der Waals surface area contributed by atoms with Crippen LogP contribution >= 0.6 is 0 Å². The molecule has 0 radical (unpaired) electrons. The van der Waals surface area contributed by atoms with Crippen LogP contribution in [0.15, 0.2) is 12.4 Å². The van der Waals surface area contributed by atoms with Gasteiger partial charge in [0.15, 0.2) is 0 Å². The van der Waals surface area contributed by atoms with Crippen LogP contribution in [0.1, 0.15) is 31.1 Å². The van der Waals surface area contributed by atoms with E-state index >= 15 is 0 Å². The Morgan fingerprint density at radius 3 is 2.80 bits per heavy atom. The van der Waals surface area contributed by atoms with Crippen molar-refractivity contribution in [2.45, 2.75) is 32.9 Å². The molecule has 1 heterocycles. The average molecular weight is 211 g/mol. The zero-order valence-corrected chi connectivity index (χ0v) is 9.36. The Hall–Kier alpha value is -1.36. The Balaban J connectivity index is 2.66. The van der Waals surface area contributed by atoms with E-state index in [1.54, 1.807) is 10.9 Å². The van der Waals surface area contributed by atoms with Crippen molar-refractivity contribution in [3.63, 3.8) is 0 Å². The molecule has 0 aliphatic rings. The van der Waals surface area contributed by atoms with Gasteiger partial charge in [-0.2, -0.15) is 5.10 Å². The van der Waals surface area contributed by atoms with Crippen molar-refractivity contribution < 1.29 is 9.53 Å². The number of esters is 1. The van der Waals surface area contributed by atoms with E-state index in [0.717, 1.165) is 0 Å². The summed E-state index contributed by atoms with van der Waals surface area (Å²) in [5, 5.41) is 3.99. The maximum atomic E-state index is 11.6. The fourth-order valence-electron chi connectivity index (χ4n) is 1.06. The van der Waals surface area contributed by atoms with Crippen LogP contribution in [-0.4, -0.2) is 27.9 Å². The largest absolute Gasteiger partial charge is 0.456 e. The van der Waals surface area contributed by atoms with Crippen molar-refractivity contribution in [1.82, 2.24) is 9.78 Å². The summed E-state index contributed by atoms with van der Waals surface area (Å²) in [5.41, 5.74) is 5.35. The average Bonchev–Trinajstić information content (AvgIpc) is 2.50. The van der Waals surface area contributed by atoms with Crippen molar-refractivity contribution in [3.8, 4) is 0 Å². The molecule has 0 amide bonds. The second-order valence-electron chi connectivity index (χ2n) is 4.28. The molecule has 0 aliphatic heterocycles. The quantitative estimate of drug-likeness (QED) is 0.751. The molecule has 0 fully saturated rings. The fraction of sp³-hybridized carbons (Fsp3) is 0.600. The summed E-state index contributed by atoms with van der Waals surface area (Å²) >= 11 is 0. The van der Waals surface area contributed by atoms with Crippen LogP contribution in [-0.2, 0) is 11.3 Å². The molecule has 0 saturated carbocycles.